The zero-order chi connectivity index (χ0) is 15.0. The minimum Gasteiger partial charge on any atom is -0.362 e. The summed E-state index contributed by atoms with van der Waals surface area (Å²) >= 11 is 1.92. The van der Waals surface area contributed by atoms with Crippen molar-refractivity contribution < 1.29 is 0 Å². The van der Waals surface area contributed by atoms with E-state index in [-0.39, 0.29) is 0 Å². The van der Waals surface area contributed by atoms with Crippen molar-refractivity contribution in [3.05, 3.63) is 0 Å². The van der Waals surface area contributed by atoms with Gasteiger partial charge in [-0.3, -0.25) is 4.99 Å². The van der Waals surface area contributed by atoms with Crippen molar-refractivity contribution >= 4 is 16.9 Å². The highest BCUT2D eigenvalue weighted by Crippen LogP contribution is 2.45. The van der Waals surface area contributed by atoms with Gasteiger partial charge in [-0.2, -0.15) is 0 Å². The number of hydrogen-bond acceptors (Lipinski definition) is 3. The standard InChI is InChI=1S/C17H32N2S/c1-12(2)14-7-8-20-15(19-14)18-13-9-16(3,4)11-17(5,6)10-13/h12-14H,7-11H2,1-6H3,(H,18,19). The highest BCUT2D eigenvalue weighted by molar-refractivity contribution is 8.13. The molecule has 1 fully saturated rings. The van der Waals surface area contributed by atoms with Gasteiger partial charge in [0.1, 0.15) is 0 Å². The van der Waals surface area contributed by atoms with Crippen LogP contribution >= 0.6 is 11.8 Å². The van der Waals surface area contributed by atoms with Gasteiger partial charge in [0.15, 0.2) is 5.17 Å². The van der Waals surface area contributed by atoms with Gasteiger partial charge in [-0.1, -0.05) is 53.3 Å². The van der Waals surface area contributed by atoms with E-state index in [2.05, 4.69) is 46.9 Å². The molecule has 0 aromatic rings. The van der Waals surface area contributed by atoms with Crippen molar-refractivity contribution in [3.63, 3.8) is 0 Å². The van der Waals surface area contributed by atoms with Gasteiger partial charge in [-0.15, -0.1) is 0 Å². The first-order valence-corrected chi connectivity index (χ1v) is 9.13. The molecule has 1 unspecified atom stereocenters. The fourth-order valence-electron chi connectivity index (χ4n) is 4.21. The largest absolute Gasteiger partial charge is 0.362 e. The monoisotopic (exact) mass is 296 g/mol. The van der Waals surface area contributed by atoms with E-state index >= 15 is 0 Å². The van der Waals surface area contributed by atoms with Crippen LogP contribution in [-0.4, -0.2) is 23.0 Å². The predicted molar refractivity (Wildman–Crippen MR) is 91.5 cm³/mol. The van der Waals surface area contributed by atoms with Crippen LogP contribution in [0.15, 0.2) is 4.99 Å². The van der Waals surface area contributed by atoms with E-state index < -0.39 is 0 Å². The molecule has 0 amide bonds. The first-order chi connectivity index (χ1) is 9.17. The zero-order valence-electron chi connectivity index (χ0n) is 14.1. The van der Waals surface area contributed by atoms with E-state index in [0.717, 1.165) is 0 Å². The maximum atomic E-state index is 4.94. The second-order valence-corrected chi connectivity index (χ2v) is 9.72. The van der Waals surface area contributed by atoms with Crippen LogP contribution in [0.1, 0.15) is 67.2 Å². The predicted octanol–water partition coefficient (Wildman–Crippen LogP) is 4.70. The van der Waals surface area contributed by atoms with Crippen molar-refractivity contribution in [2.75, 3.05) is 5.75 Å². The van der Waals surface area contributed by atoms with Crippen molar-refractivity contribution in [3.8, 4) is 0 Å². The summed E-state index contributed by atoms with van der Waals surface area (Å²) in [6.07, 6.45) is 5.09. The van der Waals surface area contributed by atoms with Gasteiger partial charge < -0.3 is 5.32 Å². The molecule has 116 valence electrons. The summed E-state index contributed by atoms with van der Waals surface area (Å²) in [7, 11) is 0. The van der Waals surface area contributed by atoms with Crippen molar-refractivity contribution in [2.24, 2.45) is 21.7 Å². The summed E-state index contributed by atoms with van der Waals surface area (Å²) in [5.41, 5.74) is 0.882. The van der Waals surface area contributed by atoms with E-state index in [9.17, 15) is 0 Å². The normalized spacial score (nSPS) is 30.1. The molecular weight excluding hydrogens is 264 g/mol. The van der Waals surface area contributed by atoms with Crippen LogP contribution < -0.4 is 5.32 Å². The van der Waals surface area contributed by atoms with E-state index in [1.165, 1.54) is 36.6 Å². The van der Waals surface area contributed by atoms with Gasteiger partial charge in [-0.05, 0) is 42.4 Å². The van der Waals surface area contributed by atoms with Gasteiger partial charge in [0, 0.05) is 11.8 Å². The number of rotatable bonds is 2. The summed E-state index contributed by atoms with van der Waals surface area (Å²) in [5, 5.41) is 4.97. The molecule has 0 aromatic carbocycles. The summed E-state index contributed by atoms with van der Waals surface area (Å²) in [5.74, 6) is 1.88. The molecule has 1 N–H and O–H groups in total. The third-order valence-corrected chi connectivity index (χ3v) is 5.52. The Kier molecular flexibility index (Phi) is 4.78. The van der Waals surface area contributed by atoms with Gasteiger partial charge >= 0.3 is 0 Å². The van der Waals surface area contributed by atoms with Gasteiger partial charge in [-0.25, -0.2) is 0 Å². The number of thioether (sulfide) groups is 1. The molecule has 20 heavy (non-hydrogen) atoms. The van der Waals surface area contributed by atoms with Gasteiger partial charge in [0.25, 0.3) is 0 Å². The topological polar surface area (TPSA) is 24.4 Å². The third-order valence-electron chi connectivity index (χ3n) is 4.59. The van der Waals surface area contributed by atoms with Gasteiger partial charge in [0.2, 0.25) is 0 Å². The minimum absolute atomic E-state index is 0.441. The Morgan fingerprint density at radius 3 is 2.30 bits per heavy atom. The molecule has 1 saturated carbocycles. The lowest BCUT2D eigenvalue weighted by Crippen LogP contribution is -2.46. The third kappa shape index (κ3) is 4.41. The van der Waals surface area contributed by atoms with Crippen molar-refractivity contribution in [1.29, 1.82) is 0 Å². The van der Waals surface area contributed by atoms with Crippen molar-refractivity contribution in [1.82, 2.24) is 5.32 Å². The first-order valence-electron chi connectivity index (χ1n) is 8.14. The highest BCUT2D eigenvalue weighted by atomic mass is 32.2. The second kappa shape index (κ2) is 5.90. The summed E-state index contributed by atoms with van der Waals surface area (Å²) < 4.78 is 0. The molecule has 1 heterocycles. The number of nitrogens with one attached hydrogen (secondary N) is 1. The molecule has 0 saturated heterocycles. The molecule has 2 rings (SSSR count). The molecule has 2 aliphatic rings. The van der Waals surface area contributed by atoms with Crippen LogP contribution in [-0.2, 0) is 0 Å². The Balaban J connectivity index is 2.02. The SMILES string of the molecule is CC(C)C1CCSC(NC2CC(C)(C)CC(C)(C)C2)=N1. The number of hydrogen-bond donors (Lipinski definition) is 1. The van der Waals surface area contributed by atoms with E-state index in [0.29, 0.717) is 28.8 Å². The van der Waals surface area contributed by atoms with Crippen LogP contribution in [0.4, 0.5) is 0 Å². The van der Waals surface area contributed by atoms with Crippen LogP contribution in [0.3, 0.4) is 0 Å². The quantitative estimate of drug-likeness (QED) is 0.799. The Morgan fingerprint density at radius 1 is 1.15 bits per heavy atom. The fourth-order valence-corrected chi connectivity index (χ4v) is 5.23. The molecule has 3 heteroatoms. The highest BCUT2D eigenvalue weighted by Gasteiger charge is 2.38. The molecule has 0 spiro atoms. The van der Waals surface area contributed by atoms with Gasteiger partial charge in [0.05, 0.1) is 6.04 Å². The van der Waals surface area contributed by atoms with Crippen LogP contribution in [0.25, 0.3) is 0 Å². The minimum atomic E-state index is 0.441. The maximum absolute atomic E-state index is 4.94. The number of nitrogens with zero attached hydrogens (tertiary/aromatic N) is 1. The van der Waals surface area contributed by atoms with Crippen LogP contribution in [0.2, 0.25) is 0 Å². The van der Waals surface area contributed by atoms with Crippen LogP contribution in [0, 0.1) is 16.7 Å². The number of aliphatic imine (C=N–C) groups is 1. The molecule has 1 aliphatic carbocycles. The first kappa shape index (κ1) is 16.2. The maximum Gasteiger partial charge on any atom is 0.157 e. The van der Waals surface area contributed by atoms with Crippen LogP contribution in [0.5, 0.6) is 0 Å². The Labute approximate surface area is 129 Å². The number of amidine groups is 1. The summed E-state index contributed by atoms with van der Waals surface area (Å²) in [6, 6.07) is 1.11. The molecule has 1 atom stereocenters. The molecule has 1 aliphatic heterocycles. The van der Waals surface area contributed by atoms with E-state index in [1.807, 2.05) is 11.8 Å². The molecule has 0 radical (unpaired) electrons. The Morgan fingerprint density at radius 2 is 1.75 bits per heavy atom. The lowest BCUT2D eigenvalue weighted by molar-refractivity contribution is 0.0924. The lowest BCUT2D eigenvalue weighted by Gasteiger charge is -2.45. The lowest BCUT2D eigenvalue weighted by atomic mass is 9.63. The molecule has 0 aromatic heterocycles. The Hall–Kier alpha value is -0.180. The molecule has 0 bridgehead atoms. The second-order valence-electron chi connectivity index (χ2n) is 8.64. The average molecular weight is 297 g/mol. The molecule has 2 nitrogen and oxygen atoms in total. The smallest absolute Gasteiger partial charge is 0.157 e. The van der Waals surface area contributed by atoms with E-state index in [1.54, 1.807) is 0 Å². The summed E-state index contributed by atoms with van der Waals surface area (Å²) in [4.78, 5) is 4.94. The Bertz CT molecular complexity index is 355. The van der Waals surface area contributed by atoms with E-state index in [4.69, 9.17) is 4.99 Å². The fraction of sp³-hybridized carbons (Fsp3) is 0.941. The summed E-state index contributed by atoms with van der Waals surface area (Å²) in [6.45, 7) is 14.2. The molecular formula is C17H32N2S. The zero-order valence-corrected chi connectivity index (χ0v) is 14.9. The van der Waals surface area contributed by atoms with Crippen molar-refractivity contribution in [2.45, 2.75) is 79.3 Å². The average Bonchev–Trinajstić information content (AvgIpc) is 2.24.